The Bertz CT molecular complexity index is 457. The summed E-state index contributed by atoms with van der Waals surface area (Å²) in [7, 11) is 0. The molecule has 102 valence electrons. The van der Waals surface area contributed by atoms with Crippen LogP contribution in [-0.4, -0.2) is 46.7 Å². The van der Waals surface area contributed by atoms with E-state index in [0.717, 1.165) is 12.6 Å². The monoisotopic (exact) mass is 261 g/mol. The Morgan fingerprint density at radius 1 is 1.37 bits per heavy atom. The number of aromatic nitrogens is 2. The minimum Gasteiger partial charge on any atom is -0.368 e. The van der Waals surface area contributed by atoms with Gasteiger partial charge in [-0.25, -0.2) is 0 Å². The molecule has 3 rings (SSSR count). The molecule has 1 saturated heterocycles. The standard InChI is InChI=1S/C13H19N5O/c14-13(19)11-3-4-12(17-16-11)15-7-9-5-6-18(8-9)10-1-2-10/h3-4,9-10H,1-2,5-8H2,(H2,14,19)(H,15,17). The number of rotatable bonds is 5. The van der Waals surface area contributed by atoms with E-state index in [0.29, 0.717) is 11.7 Å². The number of nitrogens with two attached hydrogens (primary N) is 1. The Morgan fingerprint density at radius 3 is 2.84 bits per heavy atom. The first-order chi connectivity index (χ1) is 9.22. The molecule has 1 aliphatic heterocycles. The summed E-state index contributed by atoms with van der Waals surface area (Å²) in [6.45, 7) is 3.32. The molecule has 1 aromatic heterocycles. The van der Waals surface area contributed by atoms with Crippen LogP contribution in [0.15, 0.2) is 12.1 Å². The zero-order valence-corrected chi connectivity index (χ0v) is 10.9. The number of likely N-dealkylation sites (tertiary alicyclic amines) is 1. The van der Waals surface area contributed by atoms with Crippen LogP contribution in [0.5, 0.6) is 0 Å². The van der Waals surface area contributed by atoms with Crippen LogP contribution in [0.3, 0.4) is 0 Å². The summed E-state index contributed by atoms with van der Waals surface area (Å²) < 4.78 is 0. The molecule has 1 saturated carbocycles. The highest BCUT2D eigenvalue weighted by molar-refractivity contribution is 5.90. The largest absolute Gasteiger partial charge is 0.368 e. The quantitative estimate of drug-likeness (QED) is 0.805. The van der Waals surface area contributed by atoms with Crippen molar-refractivity contribution >= 4 is 11.7 Å². The minimum absolute atomic E-state index is 0.200. The third-order valence-corrected chi connectivity index (χ3v) is 3.87. The second kappa shape index (κ2) is 5.13. The van der Waals surface area contributed by atoms with Crippen LogP contribution in [0.2, 0.25) is 0 Å². The van der Waals surface area contributed by atoms with Gasteiger partial charge in [0.15, 0.2) is 5.69 Å². The van der Waals surface area contributed by atoms with E-state index in [1.54, 1.807) is 12.1 Å². The third-order valence-electron chi connectivity index (χ3n) is 3.87. The minimum atomic E-state index is -0.546. The maximum absolute atomic E-state index is 10.9. The second-order valence-corrected chi connectivity index (χ2v) is 5.43. The molecule has 2 heterocycles. The lowest BCUT2D eigenvalue weighted by Gasteiger charge is -2.15. The fraction of sp³-hybridized carbons (Fsp3) is 0.615. The highest BCUT2D eigenvalue weighted by Crippen LogP contribution is 2.31. The Kier molecular flexibility index (Phi) is 3.33. The fourth-order valence-corrected chi connectivity index (χ4v) is 2.61. The van der Waals surface area contributed by atoms with Crippen LogP contribution in [-0.2, 0) is 0 Å². The molecule has 1 aromatic rings. The van der Waals surface area contributed by atoms with Crippen molar-refractivity contribution in [2.75, 3.05) is 25.0 Å². The van der Waals surface area contributed by atoms with Gasteiger partial charge in [-0.1, -0.05) is 0 Å². The van der Waals surface area contributed by atoms with Gasteiger partial charge in [-0.2, -0.15) is 0 Å². The Balaban J connectivity index is 1.48. The molecule has 6 nitrogen and oxygen atoms in total. The topological polar surface area (TPSA) is 84.1 Å². The molecule has 0 spiro atoms. The van der Waals surface area contributed by atoms with Crippen LogP contribution in [0.4, 0.5) is 5.82 Å². The van der Waals surface area contributed by atoms with Crippen molar-refractivity contribution in [2.45, 2.75) is 25.3 Å². The maximum atomic E-state index is 10.9. The predicted octanol–water partition coefficient (Wildman–Crippen LogP) is 0.472. The molecule has 0 bridgehead atoms. The van der Waals surface area contributed by atoms with E-state index in [9.17, 15) is 4.79 Å². The first-order valence-corrected chi connectivity index (χ1v) is 6.84. The van der Waals surface area contributed by atoms with Crippen molar-refractivity contribution in [3.63, 3.8) is 0 Å². The van der Waals surface area contributed by atoms with Crippen molar-refractivity contribution < 1.29 is 4.79 Å². The summed E-state index contributed by atoms with van der Waals surface area (Å²) in [5.41, 5.74) is 5.32. The summed E-state index contributed by atoms with van der Waals surface area (Å²) in [5, 5.41) is 11.0. The van der Waals surface area contributed by atoms with E-state index in [1.165, 1.54) is 32.4 Å². The highest BCUT2D eigenvalue weighted by Gasteiger charge is 2.34. The lowest BCUT2D eigenvalue weighted by atomic mass is 10.1. The number of hydrogen-bond donors (Lipinski definition) is 2. The number of amides is 1. The van der Waals surface area contributed by atoms with Gasteiger partial charge in [0.1, 0.15) is 5.82 Å². The number of nitrogens with zero attached hydrogens (tertiary/aromatic N) is 3. The first-order valence-electron chi connectivity index (χ1n) is 6.84. The summed E-state index contributed by atoms with van der Waals surface area (Å²) in [6.07, 6.45) is 4.00. The smallest absolute Gasteiger partial charge is 0.269 e. The molecule has 1 unspecified atom stereocenters. The van der Waals surface area contributed by atoms with Gasteiger partial charge in [-0.15, -0.1) is 10.2 Å². The summed E-state index contributed by atoms with van der Waals surface area (Å²) in [4.78, 5) is 13.5. The van der Waals surface area contributed by atoms with E-state index in [2.05, 4.69) is 20.4 Å². The second-order valence-electron chi connectivity index (χ2n) is 5.43. The molecule has 1 aliphatic carbocycles. The fourth-order valence-electron chi connectivity index (χ4n) is 2.61. The van der Waals surface area contributed by atoms with Crippen LogP contribution in [0.25, 0.3) is 0 Å². The van der Waals surface area contributed by atoms with E-state index < -0.39 is 5.91 Å². The molecule has 0 aromatic carbocycles. The average molecular weight is 261 g/mol. The number of carbonyl (C=O) groups is 1. The predicted molar refractivity (Wildman–Crippen MR) is 71.7 cm³/mol. The highest BCUT2D eigenvalue weighted by atomic mass is 16.1. The SMILES string of the molecule is NC(=O)c1ccc(NCC2CCN(C3CC3)C2)nn1. The zero-order chi connectivity index (χ0) is 13.2. The van der Waals surface area contributed by atoms with Gasteiger partial charge in [0.2, 0.25) is 0 Å². The molecular formula is C13H19N5O. The van der Waals surface area contributed by atoms with Gasteiger partial charge in [0, 0.05) is 19.1 Å². The van der Waals surface area contributed by atoms with Crippen molar-refractivity contribution in [3.8, 4) is 0 Å². The van der Waals surface area contributed by atoms with Crippen molar-refractivity contribution in [3.05, 3.63) is 17.8 Å². The van der Waals surface area contributed by atoms with Gasteiger partial charge >= 0.3 is 0 Å². The number of hydrogen-bond acceptors (Lipinski definition) is 5. The Hall–Kier alpha value is -1.69. The molecule has 19 heavy (non-hydrogen) atoms. The van der Waals surface area contributed by atoms with Crippen LogP contribution < -0.4 is 11.1 Å². The van der Waals surface area contributed by atoms with E-state index >= 15 is 0 Å². The van der Waals surface area contributed by atoms with Crippen molar-refractivity contribution in [1.29, 1.82) is 0 Å². The number of anilines is 1. The normalized spacial score (nSPS) is 23.5. The van der Waals surface area contributed by atoms with E-state index in [4.69, 9.17) is 5.73 Å². The molecule has 3 N–H and O–H groups in total. The van der Waals surface area contributed by atoms with Gasteiger partial charge in [-0.05, 0) is 43.9 Å². The number of carbonyl (C=O) groups excluding carboxylic acids is 1. The summed E-state index contributed by atoms with van der Waals surface area (Å²) in [6, 6.07) is 4.21. The molecule has 2 aliphatic rings. The Morgan fingerprint density at radius 2 is 2.21 bits per heavy atom. The number of primary amides is 1. The molecule has 6 heteroatoms. The van der Waals surface area contributed by atoms with Crippen molar-refractivity contribution in [2.24, 2.45) is 11.7 Å². The van der Waals surface area contributed by atoms with Gasteiger partial charge in [-0.3, -0.25) is 4.79 Å². The molecule has 1 atom stereocenters. The lowest BCUT2D eigenvalue weighted by molar-refractivity contribution is 0.0994. The average Bonchev–Trinajstić information content (AvgIpc) is 3.16. The Labute approximate surface area is 112 Å². The zero-order valence-electron chi connectivity index (χ0n) is 10.9. The van der Waals surface area contributed by atoms with E-state index in [-0.39, 0.29) is 5.69 Å². The van der Waals surface area contributed by atoms with E-state index in [1.807, 2.05) is 0 Å². The van der Waals surface area contributed by atoms with Gasteiger partial charge in [0.25, 0.3) is 5.91 Å². The first kappa shape index (κ1) is 12.3. The molecule has 2 fully saturated rings. The summed E-state index contributed by atoms with van der Waals surface area (Å²) in [5.74, 6) is 0.836. The summed E-state index contributed by atoms with van der Waals surface area (Å²) >= 11 is 0. The third kappa shape index (κ3) is 3.01. The van der Waals surface area contributed by atoms with Crippen molar-refractivity contribution in [1.82, 2.24) is 15.1 Å². The lowest BCUT2D eigenvalue weighted by Crippen LogP contribution is -2.25. The number of nitrogens with one attached hydrogen (secondary N) is 1. The maximum Gasteiger partial charge on any atom is 0.269 e. The van der Waals surface area contributed by atoms with Crippen LogP contribution in [0.1, 0.15) is 29.8 Å². The van der Waals surface area contributed by atoms with Crippen LogP contribution in [0, 0.1) is 5.92 Å². The molecular weight excluding hydrogens is 242 g/mol. The van der Waals surface area contributed by atoms with Crippen LogP contribution >= 0.6 is 0 Å². The van der Waals surface area contributed by atoms with Gasteiger partial charge < -0.3 is 16.0 Å². The molecule has 0 radical (unpaired) electrons. The van der Waals surface area contributed by atoms with Gasteiger partial charge in [0.05, 0.1) is 0 Å². The molecule has 1 amide bonds.